The number of anilines is 1. The van der Waals surface area contributed by atoms with Gasteiger partial charge >= 0.3 is 0 Å². The van der Waals surface area contributed by atoms with Crippen LogP contribution in [0.2, 0.25) is 0 Å². The lowest BCUT2D eigenvalue weighted by atomic mass is 10.1. The van der Waals surface area contributed by atoms with Gasteiger partial charge in [-0.2, -0.15) is 0 Å². The predicted molar refractivity (Wildman–Crippen MR) is 98.1 cm³/mol. The largest absolute Gasteiger partial charge is 0.493 e. The summed E-state index contributed by atoms with van der Waals surface area (Å²) in [5.74, 6) is 2.67. The Hall–Kier alpha value is -2.73. The number of ether oxygens (including phenoxy) is 2. The van der Waals surface area contributed by atoms with Crippen LogP contribution < -0.4 is 14.8 Å². The Kier molecular flexibility index (Phi) is 5.09. The fourth-order valence-electron chi connectivity index (χ4n) is 2.54. The number of thiophene rings is 1. The summed E-state index contributed by atoms with van der Waals surface area (Å²) in [5.41, 5.74) is 1.56. The molecule has 2 heterocycles. The highest BCUT2D eigenvalue weighted by atomic mass is 32.1. The number of methoxy groups -OCH3 is 2. The van der Waals surface area contributed by atoms with E-state index in [0.717, 1.165) is 17.1 Å². The Morgan fingerprint density at radius 2 is 1.92 bits per heavy atom. The second-order valence-corrected chi connectivity index (χ2v) is 6.43. The van der Waals surface area contributed by atoms with Gasteiger partial charge in [-0.25, -0.2) is 0 Å². The molecule has 0 spiro atoms. The van der Waals surface area contributed by atoms with Gasteiger partial charge in [0.25, 0.3) is 5.91 Å². The van der Waals surface area contributed by atoms with Crippen LogP contribution in [0, 0.1) is 6.92 Å². The molecule has 1 amide bonds. The summed E-state index contributed by atoms with van der Waals surface area (Å²) in [6.45, 7) is 1.90. The normalized spacial score (nSPS) is 10.5. The number of rotatable bonds is 6. The van der Waals surface area contributed by atoms with Crippen LogP contribution in [-0.2, 0) is 6.42 Å². The third-order valence-electron chi connectivity index (χ3n) is 3.76. The summed E-state index contributed by atoms with van der Waals surface area (Å²) < 4.78 is 16.4. The van der Waals surface area contributed by atoms with Crippen molar-refractivity contribution in [2.45, 2.75) is 13.3 Å². The lowest BCUT2D eigenvalue weighted by Gasteiger charge is -2.15. The van der Waals surface area contributed by atoms with Crippen LogP contribution in [0.1, 0.15) is 26.8 Å². The van der Waals surface area contributed by atoms with Crippen molar-refractivity contribution < 1.29 is 18.7 Å². The minimum atomic E-state index is -0.154. The standard InChI is InChI=1S/C19H19NO4S/c1-12-6-7-14(24-12)9-13-10-16(22-2)17(23-3)11-15(13)20-19(21)18-5-4-8-25-18/h4-8,10-11H,9H2,1-3H3,(H,20,21). The first-order valence-electron chi connectivity index (χ1n) is 7.75. The van der Waals surface area contributed by atoms with Crippen molar-refractivity contribution in [1.29, 1.82) is 0 Å². The number of hydrogen-bond acceptors (Lipinski definition) is 5. The van der Waals surface area contributed by atoms with E-state index in [1.54, 1.807) is 26.4 Å². The molecule has 0 atom stereocenters. The molecule has 0 saturated heterocycles. The van der Waals surface area contributed by atoms with Crippen molar-refractivity contribution >= 4 is 22.9 Å². The average Bonchev–Trinajstić information content (AvgIpc) is 3.27. The summed E-state index contributed by atoms with van der Waals surface area (Å²) in [6, 6.07) is 11.1. The molecule has 2 aromatic heterocycles. The predicted octanol–water partition coefficient (Wildman–Crippen LogP) is 4.51. The van der Waals surface area contributed by atoms with Crippen molar-refractivity contribution in [1.82, 2.24) is 0 Å². The number of carbonyl (C=O) groups excluding carboxylic acids is 1. The van der Waals surface area contributed by atoms with Crippen molar-refractivity contribution in [3.8, 4) is 11.5 Å². The van der Waals surface area contributed by atoms with Crippen LogP contribution in [0.4, 0.5) is 5.69 Å². The number of furan rings is 1. The maximum Gasteiger partial charge on any atom is 0.265 e. The summed E-state index contributed by atoms with van der Waals surface area (Å²) in [7, 11) is 3.15. The van der Waals surface area contributed by atoms with Gasteiger partial charge in [-0.1, -0.05) is 6.07 Å². The van der Waals surface area contributed by atoms with Gasteiger partial charge in [0.15, 0.2) is 11.5 Å². The van der Waals surface area contributed by atoms with Crippen LogP contribution in [0.3, 0.4) is 0 Å². The van der Waals surface area contributed by atoms with Gasteiger partial charge in [0, 0.05) is 18.2 Å². The molecule has 25 heavy (non-hydrogen) atoms. The zero-order valence-corrected chi connectivity index (χ0v) is 15.1. The molecule has 130 valence electrons. The Bertz CT molecular complexity index is 868. The van der Waals surface area contributed by atoms with Crippen molar-refractivity contribution in [3.05, 3.63) is 63.7 Å². The quantitative estimate of drug-likeness (QED) is 0.705. The van der Waals surface area contributed by atoms with E-state index in [0.29, 0.717) is 28.5 Å². The van der Waals surface area contributed by atoms with E-state index in [-0.39, 0.29) is 5.91 Å². The smallest absolute Gasteiger partial charge is 0.265 e. The summed E-state index contributed by atoms with van der Waals surface area (Å²) in [6.07, 6.45) is 0.536. The summed E-state index contributed by atoms with van der Waals surface area (Å²) in [4.78, 5) is 13.1. The number of carbonyl (C=O) groups is 1. The molecule has 0 aliphatic rings. The van der Waals surface area contributed by atoms with E-state index in [2.05, 4.69) is 5.32 Å². The minimum Gasteiger partial charge on any atom is -0.493 e. The number of amides is 1. The van der Waals surface area contributed by atoms with Crippen molar-refractivity contribution in [2.24, 2.45) is 0 Å². The number of nitrogens with one attached hydrogen (secondary N) is 1. The molecule has 5 nitrogen and oxygen atoms in total. The third-order valence-corrected chi connectivity index (χ3v) is 4.63. The first-order valence-corrected chi connectivity index (χ1v) is 8.63. The molecule has 0 fully saturated rings. The lowest BCUT2D eigenvalue weighted by molar-refractivity contribution is 0.103. The van der Waals surface area contributed by atoms with E-state index in [4.69, 9.17) is 13.9 Å². The van der Waals surface area contributed by atoms with Crippen LogP contribution in [0.5, 0.6) is 11.5 Å². The van der Waals surface area contributed by atoms with Crippen molar-refractivity contribution in [3.63, 3.8) is 0 Å². The van der Waals surface area contributed by atoms with Gasteiger partial charge in [0.05, 0.1) is 19.1 Å². The first kappa shape index (κ1) is 17.1. The molecule has 0 radical (unpaired) electrons. The Morgan fingerprint density at radius 1 is 1.16 bits per heavy atom. The van der Waals surface area contributed by atoms with Crippen molar-refractivity contribution in [2.75, 3.05) is 19.5 Å². The Balaban J connectivity index is 1.96. The molecule has 0 bridgehead atoms. The fourth-order valence-corrected chi connectivity index (χ4v) is 3.16. The maximum atomic E-state index is 12.4. The van der Waals surface area contributed by atoms with E-state index in [1.165, 1.54) is 11.3 Å². The second-order valence-electron chi connectivity index (χ2n) is 5.48. The van der Waals surface area contributed by atoms with E-state index in [1.807, 2.05) is 36.6 Å². The van der Waals surface area contributed by atoms with Crippen LogP contribution in [0.15, 0.2) is 46.2 Å². The van der Waals surface area contributed by atoms with Crippen LogP contribution in [0.25, 0.3) is 0 Å². The highest BCUT2D eigenvalue weighted by Crippen LogP contribution is 2.35. The monoisotopic (exact) mass is 357 g/mol. The second kappa shape index (κ2) is 7.44. The zero-order chi connectivity index (χ0) is 17.8. The Morgan fingerprint density at radius 3 is 2.52 bits per heavy atom. The van der Waals surface area contributed by atoms with Gasteiger partial charge in [0.2, 0.25) is 0 Å². The number of aryl methyl sites for hydroxylation is 1. The van der Waals surface area contributed by atoms with Gasteiger partial charge in [-0.3, -0.25) is 4.79 Å². The molecule has 0 aliphatic carbocycles. The fraction of sp³-hybridized carbons (Fsp3) is 0.211. The number of benzene rings is 1. The molecule has 0 aliphatic heterocycles. The van der Waals surface area contributed by atoms with Gasteiger partial charge in [-0.05, 0) is 42.1 Å². The molecule has 3 aromatic rings. The zero-order valence-electron chi connectivity index (χ0n) is 14.3. The maximum absolute atomic E-state index is 12.4. The lowest BCUT2D eigenvalue weighted by Crippen LogP contribution is -2.12. The summed E-state index contributed by atoms with van der Waals surface area (Å²) in [5, 5.41) is 4.83. The molecule has 1 N–H and O–H groups in total. The van der Waals surface area contributed by atoms with Gasteiger partial charge in [0.1, 0.15) is 11.5 Å². The van der Waals surface area contributed by atoms with Crippen LogP contribution >= 0.6 is 11.3 Å². The Labute approximate surface area is 150 Å². The molecule has 0 saturated carbocycles. The van der Waals surface area contributed by atoms with Gasteiger partial charge < -0.3 is 19.2 Å². The summed E-state index contributed by atoms with van der Waals surface area (Å²) >= 11 is 1.39. The molecule has 6 heteroatoms. The highest BCUT2D eigenvalue weighted by Gasteiger charge is 2.16. The first-order chi connectivity index (χ1) is 12.1. The van der Waals surface area contributed by atoms with Crippen LogP contribution in [-0.4, -0.2) is 20.1 Å². The van der Waals surface area contributed by atoms with E-state index in [9.17, 15) is 4.79 Å². The molecule has 3 rings (SSSR count). The molecular formula is C19H19NO4S. The minimum absolute atomic E-state index is 0.154. The third kappa shape index (κ3) is 3.85. The topological polar surface area (TPSA) is 60.7 Å². The van der Waals surface area contributed by atoms with E-state index >= 15 is 0 Å². The average molecular weight is 357 g/mol. The SMILES string of the molecule is COc1cc(Cc2ccc(C)o2)c(NC(=O)c2cccs2)cc1OC. The highest BCUT2D eigenvalue weighted by molar-refractivity contribution is 7.12. The van der Waals surface area contributed by atoms with E-state index < -0.39 is 0 Å². The molecular weight excluding hydrogens is 338 g/mol. The molecule has 1 aromatic carbocycles. The number of hydrogen-bond donors (Lipinski definition) is 1. The van der Waals surface area contributed by atoms with Gasteiger partial charge in [-0.15, -0.1) is 11.3 Å². The molecule has 0 unspecified atom stereocenters.